The van der Waals surface area contributed by atoms with Crippen LogP contribution in [0.5, 0.6) is 0 Å². The van der Waals surface area contributed by atoms with Gasteiger partial charge in [0.1, 0.15) is 6.61 Å². The highest BCUT2D eigenvalue weighted by Gasteiger charge is 2.17. The molecule has 0 spiro atoms. The van der Waals surface area contributed by atoms with Crippen molar-refractivity contribution in [2.24, 2.45) is 0 Å². The summed E-state index contributed by atoms with van der Waals surface area (Å²) in [4.78, 5) is 13.6. The van der Waals surface area contributed by atoms with Crippen LogP contribution in [0.3, 0.4) is 0 Å². The fourth-order valence-corrected chi connectivity index (χ4v) is 1.66. The van der Waals surface area contributed by atoms with Gasteiger partial charge in [0, 0.05) is 19.6 Å². The molecule has 0 aromatic heterocycles. The second-order valence-electron chi connectivity index (χ2n) is 4.16. The molecule has 0 aromatic carbocycles. The number of nitrogens with one attached hydrogen (secondary N) is 1. The number of carbonyl (C=O) groups is 1. The molecule has 1 saturated heterocycles. The number of amides is 1. The molecule has 1 rings (SSSR count). The van der Waals surface area contributed by atoms with E-state index in [0.717, 1.165) is 38.9 Å². The fraction of sp³-hybridized carbons (Fsp3) is 0.923. The van der Waals surface area contributed by atoms with Gasteiger partial charge in [-0.1, -0.05) is 20.8 Å². The lowest BCUT2D eigenvalue weighted by molar-refractivity contribution is -0.128. The van der Waals surface area contributed by atoms with Gasteiger partial charge in [0.05, 0.1) is 6.10 Å². The third-order valence-corrected chi connectivity index (χ3v) is 2.69. The number of carbonyl (C=O) groups excluding carboxylic acids is 1. The van der Waals surface area contributed by atoms with Gasteiger partial charge in [0.15, 0.2) is 0 Å². The molecule has 102 valence electrons. The minimum absolute atomic E-state index is 0.00998. The zero-order chi connectivity index (χ0) is 13.1. The highest BCUT2D eigenvalue weighted by Crippen LogP contribution is 2.11. The summed E-state index contributed by atoms with van der Waals surface area (Å²) in [6, 6.07) is 0. The van der Waals surface area contributed by atoms with Crippen molar-refractivity contribution < 1.29 is 9.53 Å². The van der Waals surface area contributed by atoms with E-state index in [2.05, 4.69) is 17.3 Å². The molecule has 0 atom stereocenters. The van der Waals surface area contributed by atoms with Crippen molar-refractivity contribution in [3.05, 3.63) is 0 Å². The Morgan fingerprint density at radius 3 is 2.47 bits per heavy atom. The summed E-state index contributed by atoms with van der Waals surface area (Å²) < 4.78 is 5.55. The first-order valence-corrected chi connectivity index (χ1v) is 6.79. The molecule has 0 aliphatic carbocycles. The largest absolute Gasteiger partial charge is 0.368 e. The molecule has 4 heteroatoms. The van der Waals surface area contributed by atoms with Crippen LogP contribution in [0.15, 0.2) is 0 Å². The molecule has 0 radical (unpaired) electrons. The lowest BCUT2D eigenvalue weighted by atomic mass is 10.1. The Labute approximate surface area is 106 Å². The van der Waals surface area contributed by atoms with Crippen molar-refractivity contribution in [1.82, 2.24) is 10.2 Å². The van der Waals surface area contributed by atoms with Crippen molar-refractivity contribution in [2.75, 3.05) is 33.3 Å². The maximum atomic E-state index is 11.3. The summed E-state index contributed by atoms with van der Waals surface area (Å²) >= 11 is 0. The Bertz CT molecular complexity index is 190. The van der Waals surface area contributed by atoms with Crippen molar-refractivity contribution in [1.29, 1.82) is 0 Å². The number of hydrogen-bond donors (Lipinski definition) is 1. The molecule has 1 aliphatic heterocycles. The first kappa shape index (κ1) is 16.4. The number of hydrogen-bond acceptors (Lipinski definition) is 3. The van der Waals surface area contributed by atoms with Crippen LogP contribution in [0.25, 0.3) is 0 Å². The number of rotatable bonds is 5. The number of nitrogens with zero attached hydrogens (tertiary/aromatic N) is 1. The van der Waals surface area contributed by atoms with Gasteiger partial charge in [0.2, 0.25) is 5.91 Å². The average molecular weight is 244 g/mol. The smallest absolute Gasteiger partial charge is 0.246 e. The van der Waals surface area contributed by atoms with E-state index in [1.807, 2.05) is 20.8 Å². The molecule has 1 heterocycles. The molecule has 1 aliphatic rings. The average Bonchev–Trinajstić information content (AvgIpc) is 2.38. The van der Waals surface area contributed by atoms with Crippen molar-refractivity contribution in [3.63, 3.8) is 0 Å². The Hall–Kier alpha value is -0.610. The monoisotopic (exact) mass is 244 g/mol. The second kappa shape index (κ2) is 10.5. The maximum Gasteiger partial charge on any atom is 0.246 e. The SMILES string of the molecule is CC.CCCNC(=O)COC1CCN(C)CC1. The van der Waals surface area contributed by atoms with Gasteiger partial charge in [-0.05, 0) is 26.3 Å². The predicted molar refractivity (Wildman–Crippen MR) is 71.1 cm³/mol. The molecule has 0 bridgehead atoms. The molecule has 1 amide bonds. The van der Waals surface area contributed by atoms with Gasteiger partial charge in [0.25, 0.3) is 0 Å². The predicted octanol–water partition coefficient (Wildman–Crippen LogP) is 1.65. The molecule has 0 saturated carbocycles. The van der Waals surface area contributed by atoms with Crippen molar-refractivity contribution in [2.45, 2.75) is 46.1 Å². The third-order valence-electron chi connectivity index (χ3n) is 2.69. The fourth-order valence-electron chi connectivity index (χ4n) is 1.66. The number of ether oxygens (including phenoxy) is 1. The molecular formula is C13H28N2O2. The topological polar surface area (TPSA) is 41.6 Å². The summed E-state index contributed by atoms with van der Waals surface area (Å²) in [5, 5.41) is 2.81. The van der Waals surface area contributed by atoms with Crippen molar-refractivity contribution in [3.8, 4) is 0 Å². The summed E-state index contributed by atoms with van der Waals surface area (Å²) in [6.07, 6.45) is 3.32. The summed E-state index contributed by atoms with van der Waals surface area (Å²) in [5.74, 6) is 0.00998. The summed E-state index contributed by atoms with van der Waals surface area (Å²) in [5.41, 5.74) is 0. The minimum Gasteiger partial charge on any atom is -0.368 e. The lowest BCUT2D eigenvalue weighted by Crippen LogP contribution is -2.36. The Morgan fingerprint density at radius 2 is 1.94 bits per heavy atom. The zero-order valence-electron chi connectivity index (χ0n) is 11.8. The summed E-state index contributed by atoms with van der Waals surface area (Å²) in [7, 11) is 2.12. The normalized spacial score (nSPS) is 17.2. The zero-order valence-corrected chi connectivity index (χ0v) is 11.8. The van der Waals surface area contributed by atoms with Gasteiger partial charge < -0.3 is 15.0 Å². The van der Waals surface area contributed by atoms with Gasteiger partial charge in [-0.3, -0.25) is 4.79 Å². The van der Waals surface area contributed by atoms with Crippen LogP contribution in [0, 0.1) is 0 Å². The first-order chi connectivity index (χ1) is 8.22. The maximum absolute atomic E-state index is 11.3. The Morgan fingerprint density at radius 1 is 1.35 bits per heavy atom. The van der Waals surface area contributed by atoms with Crippen LogP contribution in [-0.2, 0) is 9.53 Å². The second-order valence-corrected chi connectivity index (χ2v) is 4.16. The molecule has 0 unspecified atom stereocenters. The van der Waals surface area contributed by atoms with Crippen LogP contribution in [0.4, 0.5) is 0 Å². The van der Waals surface area contributed by atoms with Crippen LogP contribution < -0.4 is 5.32 Å². The van der Waals surface area contributed by atoms with Gasteiger partial charge in [-0.2, -0.15) is 0 Å². The Balaban J connectivity index is 0.00000121. The number of likely N-dealkylation sites (tertiary alicyclic amines) is 1. The van der Waals surface area contributed by atoms with E-state index in [1.165, 1.54) is 0 Å². The summed E-state index contributed by atoms with van der Waals surface area (Å²) in [6.45, 7) is 9.14. The van der Waals surface area contributed by atoms with E-state index in [0.29, 0.717) is 0 Å². The van der Waals surface area contributed by atoms with E-state index >= 15 is 0 Å². The lowest BCUT2D eigenvalue weighted by Gasteiger charge is -2.28. The third kappa shape index (κ3) is 8.16. The first-order valence-electron chi connectivity index (χ1n) is 6.79. The van der Waals surface area contributed by atoms with Crippen LogP contribution >= 0.6 is 0 Å². The van der Waals surface area contributed by atoms with E-state index in [1.54, 1.807) is 0 Å². The minimum atomic E-state index is 0.00998. The molecule has 1 fully saturated rings. The van der Waals surface area contributed by atoms with Crippen LogP contribution in [-0.4, -0.2) is 50.2 Å². The highest BCUT2D eigenvalue weighted by atomic mass is 16.5. The van der Waals surface area contributed by atoms with E-state index in [9.17, 15) is 4.79 Å². The van der Waals surface area contributed by atoms with Gasteiger partial charge >= 0.3 is 0 Å². The molecule has 0 aromatic rings. The standard InChI is InChI=1S/C11H22N2O2.C2H6/c1-3-6-12-11(14)9-15-10-4-7-13(2)8-5-10;1-2/h10H,3-9H2,1-2H3,(H,12,14);1-2H3. The van der Waals surface area contributed by atoms with Crippen LogP contribution in [0.2, 0.25) is 0 Å². The molecule has 1 N–H and O–H groups in total. The molecule has 4 nitrogen and oxygen atoms in total. The van der Waals surface area contributed by atoms with Crippen LogP contribution in [0.1, 0.15) is 40.0 Å². The molecule has 17 heavy (non-hydrogen) atoms. The Kier molecular flexibility index (Phi) is 10.2. The quantitative estimate of drug-likeness (QED) is 0.799. The number of piperidine rings is 1. The van der Waals surface area contributed by atoms with E-state index in [-0.39, 0.29) is 18.6 Å². The van der Waals surface area contributed by atoms with Crippen molar-refractivity contribution >= 4 is 5.91 Å². The van der Waals surface area contributed by atoms with Gasteiger partial charge in [-0.25, -0.2) is 0 Å². The molecular weight excluding hydrogens is 216 g/mol. The van der Waals surface area contributed by atoms with E-state index < -0.39 is 0 Å². The highest BCUT2D eigenvalue weighted by molar-refractivity contribution is 5.77. The van der Waals surface area contributed by atoms with Gasteiger partial charge in [-0.15, -0.1) is 0 Å². The van der Waals surface area contributed by atoms with E-state index in [4.69, 9.17) is 4.74 Å².